The molecule has 4 heteroatoms. The molecule has 0 aliphatic heterocycles. The fourth-order valence-corrected chi connectivity index (χ4v) is 2.60. The van der Waals surface area contributed by atoms with Crippen LogP contribution in [0.5, 0.6) is 0 Å². The van der Waals surface area contributed by atoms with E-state index in [1.165, 1.54) is 12.1 Å². The van der Waals surface area contributed by atoms with E-state index in [2.05, 4.69) is 62.0 Å². The molecular weight excluding hydrogens is 248 g/mol. The van der Waals surface area contributed by atoms with Gasteiger partial charge in [0.2, 0.25) is 0 Å². The predicted octanol–water partition coefficient (Wildman–Crippen LogP) is 2.72. The molecule has 1 rings (SSSR count). The Morgan fingerprint density at radius 1 is 1.25 bits per heavy atom. The monoisotopic (exact) mass is 280 g/mol. The molecule has 0 radical (unpaired) electrons. The standard InChI is InChI=1S/C16H32N4/c1-6-10-17-15(13-19(4)5)12-14-9-11-20(18-14)16(7-2)8-3/h9,11,15-17H,6-8,10,12-13H2,1-5H3. The van der Waals surface area contributed by atoms with Gasteiger partial charge in [-0.2, -0.15) is 5.10 Å². The van der Waals surface area contributed by atoms with Crippen LogP contribution < -0.4 is 5.32 Å². The molecule has 0 aliphatic carbocycles. The second-order valence-corrected chi connectivity index (χ2v) is 5.87. The minimum Gasteiger partial charge on any atom is -0.312 e. The number of hydrogen-bond acceptors (Lipinski definition) is 3. The summed E-state index contributed by atoms with van der Waals surface area (Å²) in [5.41, 5.74) is 1.20. The van der Waals surface area contributed by atoms with E-state index in [-0.39, 0.29) is 0 Å². The van der Waals surface area contributed by atoms with Crippen LogP contribution >= 0.6 is 0 Å². The van der Waals surface area contributed by atoms with Crippen LogP contribution in [0.15, 0.2) is 12.3 Å². The largest absolute Gasteiger partial charge is 0.312 e. The van der Waals surface area contributed by atoms with E-state index >= 15 is 0 Å². The van der Waals surface area contributed by atoms with Gasteiger partial charge in [-0.05, 0) is 46.0 Å². The second kappa shape index (κ2) is 9.14. The van der Waals surface area contributed by atoms with Gasteiger partial charge in [0, 0.05) is 25.2 Å². The summed E-state index contributed by atoms with van der Waals surface area (Å²) in [6, 6.07) is 3.20. The molecule has 0 fully saturated rings. The van der Waals surface area contributed by atoms with Crippen molar-refractivity contribution in [2.75, 3.05) is 27.2 Å². The fourth-order valence-electron chi connectivity index (χ4n) is 2.60. The molecule has 1 unspecified atom stereocenters. The summed E-state index contributed by atoms with van der Waals surface area (Å²) >= 11 is 0. The highest BCUT2D eigenvalue weighted by Gasteiger charge is 2.13. The van der Waals surface area contributed by atoms with Crippen molar-refractivity contribution in [2.45, 2.75) is 58.5 Å². The summed E-state index contributed by atoms with van der Waals surface area (Å²) < 4.78 is 2.14. The first-order valence-corrected chi connectivity index (χ1v) is 8.02. The zero-order valence-electron chi connectivity index (χ0n) is 13.9. The van der Waals surface area contributed by atoms with Gasteiger partial charge in [-0.15, -0.1) is 0 Å². The normalized spacial score (nSPS) is 13.3. The molecule has 1 aromatic rings. The first-order valence-electron chi connectivity index (χ1n) is 8.02. The summed E-state index contributed by atoms with van der Waals surface area (Å²) in [7, 11) is 4.26. The maximum absolute atomic E-state index is 4.77. The van der Waals surface area contributed by atoms with E-state index in [0.717, 1.165) is 32.4 Å². The lowest BCUT2D eigenvalue weighted by Gasteiger charge is -2.21. The number of aromatic nitrogens is 2. The lowest BCUT2D eigenvalue weighted by Crippen LogP contribution is -2.40. The van der Waals surface area contributed by atoms with Crippen molar-refractivity contribution in [1.82, 2.24) is 20.0 Å². The molecule has 1 atom stereocenters. The highest BCUT2D eigenvalue weighted by atomic mass is 15.3. The lowest BCUT2D eigenvalue weighted by atomic mass is 10.1. The van der Waals surface area contributed by atoms with Gasteiger partial charge < -0.3 is 10.2 Å². The third-order valence-corrected chi connectivity index (χ3v) is 3.70. The van der Waals surface area contributed by atoms with E-state index in [1.807, 2.05) is 0 Å². The molecule has 0 saturated heterocycles. The van der Waals surface area contributed by atoms with Crippen LogP contribution in [0, 0.1) is 0 Å². The Bertz CT molecular complexity index is 355. The molecular formula is C16H32N4. The number of nitrogens with zero attached hydrogens (tertiary/aromatic N) is 3. The Morgan fingerprint density at radius 3 is 2.50 bits per heavy atom. The molecule has 0 aliphatic rings. The minimum absolute atomic E-state index is 0.481. The summed E-state index contributed by atoms with van der Waals surface area (Å²) in [6.07, 6.45) is 6.61. The van der Waals surface area contributed by atoms with Gasteiger partial charge in [0.25, 0.3) is 0 Å². The van der Waals surface area contributed by atoms with Crippen LogP contribution in [0.2, 0.25) is 0 Å². The van der Waals surface area contributed by atoms with E-state index in [9.17, 15) is 0 Å². The van der Waals surface area contributed by atoms with Gasteiger partial charge >= 0.3 is 0 Å². The van der Waals surface area contributed by atoms with E-state index in [0.29, 0.717) is 12.1 Å². The number of rotatable bonds is 10. The maximum atomic E-state index is 4.77. The zero-order chi connectivity index (χ0) is 15.0. The first kappa shape index (κ1) is 17.2. The van der Waals surface area contributed by atoms with Gasteiger partial charge in [0.1, 0.15) is 0 Å². The molecule has 20 heavy (non-hydrogen) atoms. The quantitative estimate of drug-likeness (QED) is 0.715. The van der Waals surface area contributed by atoms with Gasteiger partial charge in [0.15, 0.2) is 0 Å². The average molecular weight is 280 g/mol. The van der Waals surface area contributed by atoms with Crippen molar-refractivity contribution in [1.29, 1.82) is 0 Å². The lowest BCUT2D eigenvalue weighted by molar-refractivity contribution is 0.333. The molecule has 0 bridgehead atoms. The summed E-state index contributed by atoms with van der Waals surface area (Å²) in [6.45, 7) is 8.80. The third kappa shape index (κ3) is 5.63. The number of nitrogens with one attached hydrogen (secondary N) is 1. The Balaban J connectivity index is 2.63. The molecule has 1 heterocycles. The molecule has 1 N–H and O–H groups in total. The van der Waals surface area contributed by atoms with Crippen molar-refractivity contribution in [3.63, 3.8) is 0 Å². The zero-order valence-corrected chi connectivity index (χ0v) is 13.9. The minimum atomic E-state index is 0.481. The second-order valence-electron chi connectivity index (χ2n) is 5.87. The van der Waals surface area contributed by atoms with Crippen LogP contribution in [0.4, 0.5) is 0 Å². The molecule has 0 amide bonds. The smallest absolute Gasteiger partial charge is 0.0640 e. The number of likely N-dealkylation sites (N-methyl/N-ethyl adjacent to an activating group) is 1. The first-order chi connectivity index (χ1) is 9.60. The SMILES string of the molecule is CCCNC(Cc1ccn(C(CC)CC)n1)CN(C)C. The van der Waals surface area contributed by atoms with Gasteiger partial charge in [-0.1, -0.05) is 20.8 Å². The van der Waals surface area contributed by atoms with E-state index in [1.54, 1.807) is 0 Å². The van der Waals surface area contributed by atoms with Gasteiger partial charge in [-0.3, -0.25) is 4.68 Å². The van der Waals surface area contributed by atoms with Crippen molar-refractivity contribution in [3.05, 3.63) is 18.0 Å². The van der Waals surface area contributed by atoms with Crippen LogP contribution in [-0.4, -0.2) is 47.9 Å². The third-order valence-electron chi connectivity index (χ3n) is 3.70. The Hall–Kier alpha value is -0.870. The van der Waals surface area contributed by atoms with Crippen molar-refractivity contribution in [2.24, 2.45) is 0 Å². The highest BCUT2D eigenvalue weighted by Crippen LogP contribution is 2.15. The topological polar surface area (TPSA) is 33.1 Å². The van der Waals surface area contributed by atoms with Crippen LogP contribution in [0.3, 0.4) is 0 Å². The van der Waals surface area contributed by atoms with Crippen molar-refractivity contribution in [3.8, 4) is 0 Å². The Morgan fingerprint density at radius 2 is 1.95 bits per heavy atom. The number of hydrogen-bond donors (Lipinski definition) is 1. The van der Waals surface area contributed by atoms with Crippen LogP contribution in [0.25, 0.3) is 0 Å². The summed E-state index contributed by atoms with van der Waals surface area (Å²) in [5.74, 6) is 0. The Labute approximate surface area is 124 Å². The van der Waals surface area contributed by atoms with Crippen molar-refractivity contribution < 1.29 is 0 Å². The molecule has 4 nitrogen and oxygen atoms in total. The Kier molecular flexibility index (Phi) is 7.85. The molecule has 1 aromatic heterocycles. The molecule has 0 spiro atoms. The van der Waals surface area contributed by atoms with Crippen LogP contribution in [0.1, 0.15) is 51.8 Å². The molecule has 0 saturated carbocycles. The maximum Gasteiger partial charge on any atom is 0.0640 e. The molecule has 0 aromatic carbocycles. The van der Waals surface area contributed by atoms with Gasteiger partial charge in [-0.25, -0.2) is 0 Å². The average Bonchev–Trinajstić information content (AvgIpc) is 2.85. The van der Waals surface area contributed by atoms with Crippen molar-refractivity contribution >= 4 is 0 Å². The van der Waals surface area contributed by atoms with E-state index < -0.39 is 0 Å². The summed E-state index contributed by atoms with van der Waals surface area (Å²) in [4.78, 5) is 2.24. The van der Waals surface area contributed by atoms with E-state index in [4.69, 9.17) is 5.10 Å². The van der Waals surface area contributed by atoms with Crippen LogP contribution in [-0.2, 0) is 6.42 Å². The fraction of sp³-hybridized carbons (Fsp3) is 0.812. The highest BCUT2D eigenvalue weighted by molar-refractivity contribution is 5.02. The predicted molar refractivity (Wildman–Crippen MR) is 86.2 cm³/mol. The summed E-state index contributed by atoms with van der Waals surface area (Å²) in [5, 5.41) is 8.39. The van der Waals surface area contributed by atoms with Gasteiger partial charge in [0.05, 0.1) is 11.7 Å². The molecule has 116 valence electrons.